The van der Waals surface area contributed by atoms with Crippen molar-refractivity contribution in [2.45, 2.75) is 168 Å². The van der Waals surface area contributed by atoms with Gasteiger partial charge in [0.1, 0.15) is 6.61 Å². The van der Waals surface area contributed by atoms with Crippen molar-refractivity contribution in [1.82, 2.24) is 0 Å². The van der Waals surface area contributed by atoms with Gasteiger partial charge in [-0.1, -0.05) is 126 Å². The molecule has 0 rings (SSSR count). The Morgan fingerprint density at radius 2 is 1.06 bits per heavy atom. The highest BCUT2D eigenvalue weighted by Gasteiger charge is 2.22. The molecule has 9 nitrogen and oxygen atoms in total. The van der Waals surface area contributed by atoms with Gasteiger partial charge in [0.05, 0.1) is 6.61 Å². The molecule has 10 heteroatoms. The Bertz CT molecular complexity index is 1070. The van der Waals surface area contributed by atoms with E-state index in [1.54, 1.807) is 6.08 Å². The van der Waals surface area contributed by atoms with Crippen molar-refractivity contribution in [1.29, 1.82) is 0 Å². The summed E-state index contributed by atoms with van der Waals surface area (Å²) in [5.74, 6) is -0.893. The van der Waals surface area contributed by atoms with Gasteiger partial charge in [-0.05, 0) is 76.7 Å². The lowest BCUT2D eigenvalue weighted by Gasteiger charge is -2.18. The van der Waals surface area contributed by atoms with Gasteiger partial charge in [0.15, 0.2) is 11.9 Å². The highest BCUT2D eigenvalue weighted by atomic mass is 31.2. The van der Waals surface area contributed by atoms with Crippen LogP contribution in [0, 0.1) is 0 Å². The van der Waals surface area contributed by atoms with Crippen molar-refractivity contribution >= 4 is 25.5 Å². The number of phosphoric ester groups is 1. The minimum Gasteiger partial charge on any atom is -0.462 e. The maximum atomic E-state index is 12.4. The van der Waals surface area contributed by atoms with Gasteiger partial charge in [-0.25, -0.2) is 4.57 Å². The molecule has 292 valence electrons. The van der Waals surface area contributed by atoms with Crippen LogP contribution >= 0.6 is 7.82 Å². The molecular formula is C41H69O9P. The maximum Gasteiger partial charge on any atom is 0.469 e. The number of ketones is 1. The molecule has 0 radical (unpaired) electrons. The third kappa shape index (κ3) is 38.5. The fourth-order valence-electron chi connectivity index (χ4n) is 5.01. The van der Waals surface area contributed by atoms with E-state index in [4.69, 9.17) is 19.3 Å². The quantitative estimate of drug-likeness (QED) is 0.0163. The second-order valence-electron chi connectivity index (χ2n) is 12.9. The Hall–Kier alpha value is -2.58. The average Bonchev–Trinajstić information content (AvgIpc) is 3.09. The molecule has 0 amide bonds. The zero-order valence-corrected chi connectivity index (χ0v) is 32.6. The third-order valence-electron chi connectivity index (χ3n) is 7.99. The highest BCUT2D eigenvalue weighted by molar-refractivity contribution is 7.46. The molecule has 51 heavy (non-hydrogen) atoms. The summed E-state index contributed by atoms with van der Waals surface area (Å²) < 4.78 is 26.2. The largest absolute Gasteiger partial charge is 0.469 e. The fraction of sp³-hybridized carbons (Fsp3) is 0.683. The van der Waals surface area contributed by atoms with Crippen LogP contribution in [-0.4, -0.2) is 46.8 Å². The fourth-order valence-corrected chi connectivity index (χ4v) is 5.37. The van der Waals surface area contributed by atoms with E-state index < -0.39 is 32.5 Å². The molecule has 1 atom stereocenters. The minimum absolute atomic E-state index is 0.115. The Balaban J connectivity index is 4.10. The maximum absolute atomic E-state index is 12.4. The zero-order valence-electron chi connectivity index (χ0n) is 31.7. The number of unbranched alkanes of at least 4 members (excludes halogenated alkanes) is 14. The summed E-state index contributed by atoms with van der Waals surface area (Å²) in [7, 11) is -4.79. The van der Waals surface area contributed by atoms with Gasteiger partial charge in [-0.2, -0.15) is 0 Å². The van der Waals surface area contributed by atoms with Gasteiger partial charge in [0, 0.05) is 19.3 Å². The van der Waals surface area contributed by atoms with Crippen molar-refractivity contribution in [3.63, 3.8) is 0 Å². The smallest absolute Gasteiger partial charge is 0.462 e. The minimum atomic E-state index is -4.79. The van der Waals surface area contributed by atoms with Crippen molar-refractivity contribution in [2.75, 3.05) is 13.2 Å². The molecule has 0 unspecified atom stereocenters. The molecule has 0 fully saturated rings. The number of rotatable bonds is 35. The van der Waals surface area contributed by atoms with E-state index in [-0.39, 0.29) is 25.2 Å². The molecule has 0 aromatic carbocycles. The summed E-state index contributed by atoms with van der Waals surface area (Å²) in [5, 5.41) is 0. The van der Waals surface area contributed by atoms with Crippen LogP contribution in [0.3, 0.4) is 0 Å². The number of carbonyl (C=O) groups is 3. The van der Waals surface area contributed by atoms with Gasteiger partial charge >= 0.3 is 19.8 Å². The summed E-state index contributed by atoms with van der Waals surface area (Å²) in [6.45, 7) is 3.47. The first-order chi connectivity index (χ1) is 24.7. The Morgan fingerprint density at radius 1 is 0.569 bits per heavy atom. The normalized spacial score (nSPS) is 13.0. The number of hydrogen-bond acceptors (Lipinski definition) is 7. The molecule has 0 saturated carbocycles. The van der Waals surface area contributed by atoms with Crippen LogP contribution in [0.25, 0.3) is 0 Å². The summed E-state index contributed by atoms with van der Waals surface area (Å²) in [4.78, 5) is 54.7. The zero-order chi connectivity index (χ0) is 37.7. The average molecular weight is 737 g/mol. The lowest BCUT2D eigenvalue weighted by Crippen LogP contribution is -2.29. The number of esters is 2. The van der Waals surface area contributed by atoms with Gasteiger partial charge in [-0.3, -0.25) is 18.9 Å². The first kappa shape index (κ1) is 48.4. The number of ether oxygens (including phenoxy) is 2. The lowest BCUT2D eigenvalue weighted by atomic mass is 10.1. The molecule has 0 spiro atoms. The SMILES string of the molecule is CCCCC/C=C\C=C\C(=O)CCCCCCCC(=O)OC[C@H](COP(=O)(O)O)OC(=O)CCCCCC/C=C\C/C=C\C/C=C\CCCCC. The lowest BCUT2D eigenvalue weighted by molar-refractivity contribution is -0.161. The van der Waals surface area contributed by atoms with Crippen LogP contribution in [0.5, 0.6) is 0 Å². The molecule has 2 N–H and O–H groups in total. The first-order valence-corrected chi connectivity index (χ1v) is 21.1. The Labute approximate surface area is 309 Å². The molecule has 0 aliphatic carbocycles. The predicted molar refractivity (Wildman–Crippen MR) is 207 cm³/mol. The van der Waals surface area contributed by atoms with Crippen LogP contribution < -0.4 is 0 Å². The van der Waals surface area contributed by atoms with Crippen LogP contribution in [0.1, 0.15) is 162 Å². The third-order valence-corrected chi connectivity index (χ3v) is 8.47. The summed E-state index contributed by atoms with van der Waals surface area (Å²) >= 11 is 0. The van der Waals surface area contributed by atoms with E-state index in [2.05, 4.69) is 60.9 Å². The summed E-state index contributed by atoms with van der Waals surface area (Å²) in [5.41, 5.74) is 0. The second-order valence-corrected chi connectivity index (χ2v) is 14.2. The van der Waals surface area contributed by atoms with Crippen molar-refractivity contribution < 1.29 is 42.7 Å². The second kappa shape index (κ2) is 35.8. The monoisotopic (exact) mass is 736 g/mol. The molecule has 0 aromatic rings. The standard InChI is InChI=1S/C41H69O9P/c1-3-5-7-9-11-12-13-14-15-16-17-18-19-20-22-26-31-35-41(44)50-39(37-49-51(45,46)47)36-48-40(43)34-30-27-23-25-29-33-38(42)32-28-24-21-10-8-6-4-2/h11-12,14-15,17-18,21,24,28,32,39H,3-10,13,16,19-20,22-23,25-27,29-31,33-37H2,1-2H3,(H2,45,46,47)/b12-11-,15-14-,18-17-,24-21-,32-28+/t39-/m1/s1. The van der Waals surface area contributed by atoms with Gasteiger partial charge in [0.25, 0.3) is 0 Å². The van der Waals surface area contributed by atoms with Crippen LogP contribution in [-0.2, 0) is 32.9 Å². The van der Waals surface area contributed by atoms with Gasteiger partial charge in [0.2, 0.25) is 0 Å². The van der Waals surface area contributed by atoms with Crippen molar-refractivity contribution in [3.8, 4) is 0 Å². The molecule has 0 bridgehead atoms. The van der Waals surface area contributed by atoms with E-state index in [9.17, 15) is 18.9 Å². The summed E-state index contributed by atoms with van der Waals surface area (Å²) in [6, 6.07) is 0. The van der Waals surface area contributed by atoms with Crippen LogP contribution in [0.15, 0.2) is 60.8 Å². The molecule has 0 aromatic heterocycles. The van der Waals surface area contributed by atoms with Crippen LogP contribution in [0.4, 0.5) is 0 Å². The van der Waals surface area contributed by atoms with E-state index in [0.717, 1.165) is 70.6 Å². The molecule has 0 heterocycles. The van der Waals surface area contributed by atoms with E-state index in [0.29, 0.717) is 19.3 Å². The number of carbonyl (C=O) groups excluding carboxylic acids is 3. The predicted octanol–water partition coefficient (Wildman–Crippen LogP) is 10.9. The van der Waals surface area contributed by atoms with E-state index in [1.165, 1.54) is 44.9 Å². The molecule has 0 aliphatic rings. The van der Waals surface area contributed by atoms with E-state index in [1.807, 2.05) is 12.2 Å². The highest BCUT2D eigenvalue weighted by Crippen LogP contribution is 2.36. The molecule has 0 aliphatic heterocycles. The molecular weight excluding hydrogens is 667 g/mol. The Kier molecular flexibility index (Phi) is 34.0. The van der Waals surface area contributed by atoms with Crippen LogP contribution in [0.2, 0.25) is 0 Å². The van der Waals surface area contributed by atoms with Crippen molar-refractivity contribution in [2.24, 2.45) is 0 Å². The number of hydrogen-bond donors (Lipinski definition) is 2. The van der Waals surface area contributed by atoms with Crippen molar-refractivity contribution in [3.05, 3.63) is 60.8 Å². The van der Waals surface area contributed by atoms with Gasteiger partial charge < -0.3 is 19.3 Å². The first-order valence-electron chi connectivity index (χ1n) is 19.5. The Morgan fingerprint density at radius 3 is 1.65 bits per heavy atom. The van der Waals surface area contributed by atoms with E-state index >= 15 is 0 Å². The topological polar surface area (TPSA) is 136 Å². The number of allylic oxidation sites excluding steroid dienone is 10. The van der Waals surface area contributed by atoms with Gasteiger partial charge in [-0.15, -0.1) is 0 Å². The summed E-state index contributed by atoms with van der Waals surface area (Å²) in [6.07, 6.45) is 40.4. The molecule has 0 saturated heterocycles. The number of phosphoric acid groups is 1.